The molecule has 4 heteroatoms. The number of aromatic nitrogens is 3. The molecule has 0 saturated heterocycles. The highest BCUT2D eigenvalue weighted by atomic mass is 16.1. The molecule has 0 atom stereocenters. The number of benzene rings is 2. The van der Waals surface area contributed by atoms with Crippen LogP contribution >= 0.6 is 0 Å². The van der Waals surface area contributed by atoms with E-state index in [0.717, 1.165) is 27.7 Å². The van der Waals surface area contributed by atoms with Crippen LogP contribution in [0.1, 0.15) is 33.1 Å². The summed E-state index contributed by atoms with van der Waals surface area (Å²) in [4.78, 5) is 20.4. The van der Waals surface area contributed by atoms with Gasteiger partial charge in [-0.15, -0.1) is 0 Å². The van der Waals surface area contributed by atoms with Crippen LogP contribution in [0.2, 0.25) is 0 Å². The third-order valence-electron chi connectivity index (χ3n) is 4.60. The highest BCUT2D eigenvalue weighted by Gasteiger charge is 2.27. The summed E-state index contributed by atoms with van der Waals surface area (Å²) >= 11 is 0. The number of pyridine rings is 1. The molecule has 0 bridgehead atoms. The lowest BCUT2D eigenvalue weighted by molar-refractivity contribution is -0.664. The van der Waals surface area contributed by atoms with Crippen molar-refractivity contribution in [2.24, 2.45) is 0 Å². The first kappa shape index (κ1) is 16.2. The molecule has 2 heterocycles. The molecule has 0 radical (unpaired) electrons. The zero-order valence-corrected chi connectivity index (χ0v) is 14.9. The zero-order valence-electron chi connectivity index (χ0n) is 14.9. The van der Waals surface area contributed by atoms with E-state index in [1.165, 1.54) is 0 Å². The van der Waals surface area contributed by atoms with Crippen LogP contribution in [-0.4, -0.2) is 15.8 Å². The van der Waals surface area contributed by atoms with E-state index in [1.54, 1.807) is 6.20 Å². The van der Waals surface area contributed by atoms with Crippen molar-refractivity contribution in [3.05, 3.63) is 95.2 Å². The first-order chi connectivity index (χ1) is 12.6. The highest BCUT2D eigenvalue weighted by Crippen LogP contribution is 2.18. The van der Waals surface area contributed by atoms with Gasteiger partial charge in [-0.25, -0.2) is 4.98 Å². The summed E-state index contributed by atoms with van der Waals surface area (Å²) in [5.41, 5.74) is 4.79. The van der Waals surface area contributed by atoms with E-state index in [4.69, 9.17) is 0 Å². The second-order valence-corrected chi connectivity index (χ2v) is 6.55. The molecule has 0 unspecified atom stereocenters. The first-order valence-electron chi connectivity index (χ1n) is 8.66. The lowest BCUT2D eigenvalue weighted by Gasteiger charge is -2.09. The molecular weight excluding hydrogens is 322 g/mol. The third-order valence-corrected chi connectivity index (χ3v) is 4.60. The number of carbonyl (C=O) groups excluding carboxylic acids is 1. The topological polar surface area (TPSA) is 49.6 Å². The maximum Gasteiger partial charge on any atom is 0.291 e. The second-order valence-electron chi connectivity index (χ2n) is 6.55. The number of ketones is 1. The average Bonchev–Trinajstić information content (AvgIpc) is 3.10. The fraction of sp³-hybridized carbons (Fsp3) is 0.136. The number of carbonyl (C=O) groups is 1. The largest absolute Gasteiger partial charge is 0.339 e. The van der Waals surface area contributed by atoms with Gasteiger partial charge >= 0.3 is 0 Å². The first-order valence-corrected chi connectivity index (χ1v) is 8.66. The van der Waals surface area contributed by atoms with Gasteiger partial charge in [0.2, 0.25) is 5.52 Å². The van der Waals surface area contributed by atoms with Crippen LogP contribution in [0, 0.1) is 13.8 Å². The quantitative estimate of drug-likeness (QED) is 0.454. The molecular formula is C22H20N3O+. The minimum atomic E-state index is -0.0946. The van der Waals surface area contributed by atoms with E-state index in [2.05, 4.69) is 38.8 Å². The molecule has 4 nitrogen and oxygen atoms in total. The Labute approximate surface area is 152 Å². The van der Waals surface area contributed by atoms with Crippen LogP contribution < -0.4 is 4.57 Å². The maximum atomic E-state index is 13.2. The number of nitrogens with zero attached hydrogens (tertiary/aromatic N) is 2. The van der Waals surface area contributed by atoms with Crippen molar-refractivity contribution in [3.63, 3.8) is 0 Å². The van der Waals surface area contributed by atoms with E-state index in [-0.39, 0.29) is 5.78 Å². The number of aryl methyl sites for hydroxylation is 2. The highest BCUT2D eigenvalue weighted by molar-refractivity contribution is 6.05. The van der Waals surface area contributed by atoms with Crippen molar-refractivity contribution in [2.75, 3.05) is 0 Å². The number of nitrogens with one attached hydrogen (secondary N) is 1. The van der Waals surface area contributed by atoms with Crippen molar-refractivity contribution >= 4 is 16.7 Å². The molecule has 128 valence electrons. The van der Waals surface area contributed by atoms with Crippen LogP contribution in [0.15, 0.2) is 66.9 Å². The van der Waals surface area contributed by atoms with Gasteiger partial charge in [0.25, 0.3) is 11.5 Å². The van der Waals surface area contributed by atoms with Crippen molar-refractivity contribution < 1.29 is 9.36 Å². The molecule has 0 aliphatic carbocycles. The Kier molecular flexibility index (Phi) is 4.09. The van der Waals surface area contributed by atoms with Gasteiger partial charge in [-0.3, -0.25) is 4.79 Å². The summed E-state index contributed by atoms with van der Waals surface area (Å²) in [7, 11) is 0. The summed E-state index contributed by atoms with van der Waals surface area (Å²) in [6, 6.07) is 20.3. The van der Waals surface area contributed by atoms with Gasteiger partial charge < -0.3 is 4.98 Å². The van der Waals surface area contributed by atoms with E-state index in [9.17, 15) is 4.79 Å². The fourth-order valence-electron chi connectivity index (χ4n) is 3.31. The van der Waals surface area contributed by atoms with Crippen molar-refractivity contribution in [3.8, 4) is 0 Å². The molecule has 4 rings (SSSR count). The van der Waals surface area contributed by atoms with Gasteiger partial charge in [-0.05, 0) is 25.5 Å². The van der Waals surface area contributed by atoms with Gasteiger partial charge in [-0.1, -0.05) is 42.5 Å². The van der Waals surface area contributed by atoms with Gasteiger partial charge in [0, 0.05) is 35.0 Å². The molecule has 1 N–H and O–H groups in total. The van der Waals surface area contributed by atoms with Crippen molar-refractivity contribution in [1.82, 2.24) is 9.97 Å². The molecule has 4 aromatic rings. The Bertz CT molecular complexity index is 1100. The van der Waals surface area contributed by atoms with E-state index < -0.39 is 0 Å². The predicted molar refractivity (Wildman–Crippen MR) is 101 cm³/mol. The van der Waals surface area contributed by atoms with Gasteiger partial charge in [-0.2, -0.15) is 4.57 Å². The Morgan fingerprint density at radius 1 is 1.04 bits per heavy atom. The minimum absolute atomic E-state index is 0.0946. The number of rotatable bonds is 4. The van der Waals surface area contributed by atoms with Crippen LogP contribution in [0.4, 0.5) is 0 Å². The normalized spacial score (nSPS) is 11.0. The molecule has 2 aromatic heterocycles. The Morgan fingerprint density at radius 3 is 2.50 bits per heavy atom. The summed E-state index contributed by atoms with van der Waals surface area (Å²) < 4.78 is 2.08. The number of hydrogen-bond acceptors (Lipinski definition) is 2. The number of aromatic amines is 1. The van der Waals surface area contributed by atoms with E-state index in [0.29, 0.717) is 18.1 Å². The van der Waals surface area contributed by atoms with E-state index >= 15 is 0 Å². The van der Waals surface area contributed by atoms with Crippen molar-refractivity contribution in [2.45, 2.75) is 20.4 Å². The third kappa shape index (κ3) is 2.90. The Hall–Kier alpha value is -3.27. The molecule has 0 fully saturated rings. The fourth-order valence-corrected chi connectivity index (χ4v) is 3.31. The lowest BCUT2D eigenvalue weighted by Crippen LogP contribution is -2.42. The number of para-hydroxylation sites is 1. The molecule has 0 aliphatic heterocycles. The smallest absolute Gasteiger partial charge is 0.291 e. The van der Waals surface area contributed by atoms with Gasteiger partial charge in [0.15, 0.2) is 12.4 Å². The Morgan fingerprint density at radius 2 is 1.77 bits per heavy atom. The lowest BCUT2D eigenvalue weighted by atomic mass is 10.1. The molecule has 0 amide bonds. The summed E-state index contributed by atoms with van der Waals surface area (Å²) in [5.74, 6) is 0.280. The zero-order chi connectivity index (χ0) is 18.1. The van der Waals surface area contributed by atoms with Crippen LogP contribution in [-0.2, 0) is 6.54 Å². The molecule has 2 aromatic carbocycles. The van der Waals surface area contributed by atoms with Crippen molar-refractivity contribution in [1.29, 1.82) is 0 Å². The Balaban J connectivity index is 1.93. The van der Waals surface area contributed by atoms with E-state index in [1.807, 2.05) is 50.2 Å². The predicted octanol–water partition coefficient (Wildman–Crippen LogP) is 3.75. The summed E-state index contributed by atoms with van der Waals surface area (Å²) in [6.45, 7) is 4.56. The van der Waals surface area contributed by atoms with Crippen LogP contribution in [0.25, 0.3) is 10.9 Å². The SMILES string of the molecule is Cc1cnc(C(=O)c2cc(C)c3ccccc3[n+]2Cc2ccccc2)[nH]1. The molecule has 0 saturated carbocycles. The average molecular weight is 342 g/mol. The monoisotopic (exact) mass is 342 g/mol. The number of fused-ring (bicyclic) bond motifs is 1. The van der Waals surface area contributed by atoms with Gasteiger partial charge in [0.1, 0.15) is 0 Å². The van der Waals surface area contributed by atoms with Crippen LogP contribution in [0.3, 0.4) is 0 Å². The molecule has 0 spiro atoms. The summed E-state index contributed by atoms with van der Waals surface area (Å²) in [6.07, 6.45) is 1.68. The van der Waals surface area contributed by atoms with Crippen LogP contribution in [0.5, 0.6) is 0 Å². The molecule has 26 heavy (non-hydrogen) atoms. The number of hydrogen-bond donors (Lipinski definition) is 1. The summed E-state index contributed by atoms with van der Waals surface area (Å²) in [5, 5.41) is 1.15. The molecule has 0 aliphatic rings. The second kappa shape index (κ2) is 6.56. The van der Waals surface area contributed by atoms with Gasteiger partial charge in [0.05, 0.1) is 0 Å². The maximum absolute atomic E-state index is 13.2. The standard InChI is InChI=1S/C22H19N3O/c1-15-12-20(21(26)22-23-13-16(2)24-22)25(14-17-8-4-3-5-9-17)19-11-7-6-10-18(15)19/h3-13H,14H2,1-2H3/p+1. The number of imidazole rings is 1. The number of H-pyrrole nitrogens is 1. The minimum Gasteiger partial charge on any atom is -0.339 e.